The van der Waals surface area contributed by atoms with Crippen molar-refractivity contribution in [2.24, 2.45) is 0 Å². The van der Waals surface area contributed by atoms with Crippen LogP contribution >= 0.6 is 0 Å². The fraction of sp³-hybridized carbons (Fsp3) is 0.267. The minimum absolute atomic E-state index is 0.0192. The van der Waals surface area contributed by atoms with E-state index in [-0.39, 0.29) is 30.4 Å². The number of fused-ring (bicyclic) bond motifs is 1. The average molecular weight is 300 g/mol. The first-order valence-corrected chi connectivity index (χ1v) is 6.81. The van der Waals surface area contributed by atoms with Gasteiger partial charge in [0.1, 0.15) is 12.3 Å². The lowest BCUT2D eigenvalue weighted by Crippen LogP contribution is -2.54. The molecule has 0 radical (unpaired) electrons. The van der Waals surface area contributed by atoms with Crippen molar-refractivity contribution in [2.45, 2.75) is 25.3 Å². The molecule has 7 heteroatoms. The Morgan fingerprint density at radius 2 is 1.95 bits per heavy atom. The highest BCUT2D eigenvalue weighted by Crippen LogP contribution is 2.29. The molecule has 0 aliphatic carbocycles. The maximum absolute atomic E-state index is 12.6. The van der Waals surface area contributed by atoms with Gasteiger partial charge in [0, 0.05) is 12.8 Å². The minimum atomic E-state index is -0.991. The molecule has 7 nitrogen and oxygen atoms in total. The van der Waals surface area contributed by atoms with Crippen LogP contribution in [0, 0.1) is 0 Å². The van der Waals surface area contributed by atoms with Gasteiger partial charge in [-0.15, -0.1) is 0 Å². The van der Waals surface area contributed by atoms with Gasteiger partial charge in [-0.1, -0.05) is 12.1 Å². The smallest absolute Gasteiger partial charge is 0.262 e. The lowest BCUT2D eigenvalue weighted by atomic mass is 10.0. The zero-order chi connectivity index (χ0) is 15.9. The van der Waals surface area contributed by atoms with Gasteiger partial charge in [-0.25, -0.2) is 0 Å². The molecule has 22 heavy (non-hydrogen) atoms. The number of carbonyl (C=O) groups is 5. The summed E-state index contributed by atoms with van der Waals surface area (Å²) >= 11 is 0. The van der Waals surface area contributed by atoms with E-state index >= 15 is 0 Å². The number of hydrogen-bond donors (Lipinski definition) is 1. The van der Waals surface area contributed by atoms with Crippen LogP contribution in [0.15, 0.2) is 18.2 Å². The molecular weight excluding hydrogens is 288 g/mol. The maximum Gasteiger partial charge on any atom is 0.262 e. The van der Waals surface area contributed by atoms with E-state index in [0.29, 0.717) is 11.8 Å². The number of imide groups is 2. The molecule has 1 unspecified atom stereocenters. The SMILES string of the molecule is O=CCc1cccc2c1C(=O)N(C1CCC(=O)NC1=O)C2=O. The summed E-state index contributed by atoms with van der Waals surface area (Å²) in [6.07, 6.45) is 0.859. The number of carbonyl (C=O) groups excluding carboxylic acids is 5. The zero-order valence-electron chi connectivity index (χ0n) is 11.5. The fourth-order valence-electron chi connectivity index (χ4n) is 2.84. The molecule has 0 saturated carbocycles. The summed E-state index contributed by atoms with van der Waals surface area (Å²) < 4.78 is 0. The topological polar surface area (TPSA) is 101 Å². The van der Waals surface area contributed by atoms with Crippen molar-refractivity contribution in [3.8, 4) is 0 Å². The first kappa shape index (κ1) is 14.1. The van der Waals surface area contributed by atoms with E-state index in [1.54, 1.807) is 12.1 Å². The highest BCUT2D eigenvalue weighted by Gasteiger charge is 2.45. The van der Waals surface area contributed by atoms with E-state index in [1.807, 2.05) is 0 Å². The molecule has 1 N–H and O–H groups in total. The number of rotatable bonds is 3. The lowest BCUT2D eigenvalue weighted by Gasteiger charge is -2.27. The van der Waals surface area contributed by atoms with Gasteiger partial charge in [-0.05, 0) is 18.1 Å². The van der Waals surface area contributed by atoms with Gasteiger partial charge < -0.3 is 4.79 Å². The number of hydrogen-bond acceptors (Lipinski definition) is 5. The number of nitrogens with zero attached hydrogens (tertiary/aromatic N) is 1. The predicted octanol–water partition coefficient (Wildman–Crippen LogP) is -0.171. The summed E-state index contributed by atoms with van der Waals surface area (Å²) in [6.45, 7) is 0. The molecule has 0 aromatic heterocycles. The van der Waals surface area contributed by atoms with Crippen LogP contribution < -0.4 is 5.32 Å². The van der Waals surface area contributed by atoms with Crippen LogP contribution in [0.1, 0.15) is 39.1 Å². The molecule has 0 spiro atoms. The van der Waals surface area contributed by atoms with Crippen molar-refractivity contribution in [2.75, 3.05) is 0 Å². The van der Waals surface area contributed by atoms with E-state index in [0.717, 1.165) is 4.90 Å². The standard InChI is InChI=1S/C15H12N2O5/c18-7-6-8-2-1-3-9-12(8)15(22)17(14(9)21)10-4-5-11(19)16-13(10)20/h1-3,7,10H,4-6H2,(H,16,19,20). The normalized spacial score (nSPS) is 20.9. The first-order valence-electron chi connectivity index (χ1n) is 6.81. The monoisotopic (exact) mass is 300 g/mol. The van der Waals surface area contributed by atoms with Crippen molar-refractivity contribution in [1.29, 1.82) is 0 Å². The van der Waals surface area contributed by atoms with Gasteiger partial charge >= 0.3 is 0 Å². The maximum atomic E-state index is 12.6. The Morgan fingerprint density at radius 3 is 2.64 bits per heavy atom. The molecule has 2 aliphatic rings. The number of benzene rings is 1. The van der Waals surface area contributed by atoms with Crippen LogP contribution in [0.4, 0.5) is 0 Å². The number of amides is 4. The average Bonchev–Trinajstić information content (AvgIpc) is 2.73. The van der Waals surface area contributed by atoms with Crippen molar-refractivity contribution >= 4 is 29.9 Å². The third kappa shape index (κ3) is 2.02. The van der Waals surface area contributed by atoms with Crippen LogP contribution in [0.3, 0.4) is 0 Å². The summed E-state index contributed by atoms with van der Waals surface area (Å²) in [7, 11) is 0. The van der Waals surface area contributed by atoms with Gasteiger partial charge in [0.05, 0.1) is 11.1 Å². The second kappa shape index (κ2) is 5.18. The van der Waals surface area contributed by atoms with Crippen molar-refractivity contribution < 1.29 is 24.0 Å². The molecule has 0 bridgehead atoms. The second-order valence-electron chi connectivity index (χ2n) is 5.16. The Kier molecular flexibility index (Phi) is 3.32. The molecule has 2 heterocycles. The summed E-state index contributed by atoms with van der Waals surface area (Å²) in [5, 5.41) is 2.13. The minimum Gasteiger partial charge on any atom is -0.303 e. The Balaban J connectivity index is 2.00. The van der Waals surface area contributed by atoms with Crippen molar-refractivity contribution in [3.63, 3.8) is 0 Å². The Labute approximate surface area is 125 Å². The van der Waals surface area contributed by atoms with Crippen LogP contribution in [0.2, 0.25) is 0 Å². The largest absolute Gasteiger partial charge is 0.303 e. The Bertz CT molecular complexity index is 725. The molecular formula is C15H12N2O5. The van der Waals surface area contributed by atoms with Gasteiger partial charge in [0.15, 0.2) is 0 Å². The Hall–Kier alpha value is -2.83. The lowest BCUT2D eigenvalue weighted by molar-refractivity contribution is -0.136. The third-order valence-electron chi connectivity index (χ3n) is 3.86. The number of aldehydes is 1. The van der Waals surface area contributed by atoms with E-state index in [9.17, 15) is 24.0 Å². The molecule has 1 fully saturated rings. The zero-order valence-corrected chi connectivity index (χ0v) is 11.5. The summed E-state index contributed by atoms with van der Waals surface area (Å²) in [6, 6.07) is 3.70. The van der Waals surface area contributed by atoms with Crippen molar-refractivity contribution in [3.05, 3.63) is 34.9 Å². The van der Waals surface area contributed by atoms with Crippen LogP contribution in [0.5, 0.6) is 0 Å². The van der Waals surface area contributed by atoms with Crippen molar-refractivity contribution in [1.82, 2.24) is 10.2 Å². The molecule has 2 aliphatic heterocycles. The van der Waals surface area contributed by atoms with Gasteiger partial charge in [0.2, 0.25) is 11.8 Å². The molecule has 1 aromatic carbocycles. The van der Waals surface area contributed by atoms with Crippen LogP contribution in [0.25, 0.3) is 0 Å². The summed E-state index contributed by atoms with van der Waals surface area (Å²) in [4.78, 5) is 59.7. The second-order valence-corrected chi connectivity index (χ2v) is 5.16. The molecule has 112 valence electrons. The molecule has 1 atom stereocenters. The first-order chi connectivity index (χ1) is 10.5. The number of nitrogens with one attached hydrogen (secondary N) is 1. The van der Waals surface area contributed by atoms with Gasteiger partial charge in [-0.3, -0.25) is 29.4 Å². The van der Waals surface area contributed by atoms with E-state index in [1.165, 1.54) is 6.07 Å². The van der Waals surface area contributed by atoms with Crippen LogP contribution in [-0.4, -0.2) is 40.9 Å². The van der Waals surface area contributed by atoms with E-state index < -0.39 is 29.7 Å². The molecule has 1 saturated heterocycles. The molecule has 3 rings (SSSR count). The Morgan fingerprint density at radius 1 is 1.18 bits per heavy atom. The predicted molar refractivity (Wildman–Crippen MR) is 72.9 cm³/mol. The fourth-order valence-corrected chi connectivity index (χ4v) is 2.84. The number of piperidine rings is 1. The summed E-state index contributed by atoms with van der Waals surface area (Å²) in [5.74, 6) is -2.23. The quantitative estimate of drug-likeness (QED) is 0.617. The molecule has 1 aromatic rings. The summed E-state index contributed by atoms with van der Waals surface area (Å²) in [5.41, 5.74) is 0.819. The van der Waals surface area contributed by atoms with Crippen LogP contribution in [-0.2, 0) is 20.8 Å². The van der Waals surface area contributed by atoms with E-state index in [2.05, 4.69) is 5.32 Å². The van der Waals surface area contributed by atoms with E-state index in [4.69, 9.17) is 0 Å². The highest BCUT2D eigenvalue weighted by molar-refractivity contribution is 6.24. The highest BCUT2D eigenvalue weighted by atomic mass is 16.2. The molecule has 4 amide bonds. The third-order valence-corrected chi connectivity index (χ3v) is 3.86. The van der Waals surface area contributed by atoms with Gasteiger partial charge in [0.25, 0.3) is 11.8 Å². The van der Waals surface area contributed by atoms with Gasteiger partial charge in [-0.2, -0.15) is 0 Å².